The van der Waals surface area contributed by atoms with Crippen molar-refractivity contribution in [2.45, 2.75) is 13.0 Å². The Labute approximate surface area is 130 Å². The summed E-state index contributed by atoms with van der Waals surface area (Å²) in [5, 5.41) is 3.28. The fourth-order valence-electron chi connectivity index (χ4n) is 2.11. The van der Waals surface area contributed by atoms with Gasteiger partial charge >= 0.3 is 0 Å². The number of nitrogens with one attached hydrogen (secondary N) is 1. The Morgan fingerprint density at radius 3 is 2.62 bits per heavy atom. The highest BCUT2D eigenvalue weighted by Crippen LogP contribution is 2.21. The first-order valence-corrected chi connectivity index (χ1v) is 7.35. The summed E-state index contributed by atoms with van der Waals surface area (Å²) in [6.07, 6.45) is 1.70. The molecule has 1 N–H and O–H groups in total. The minimum Gasteiger partial charge on any atom is -0.362 e. The van der Waals surface area contributed by atoms with Crippen molar-refractivity contribution >= 4 is 32.8 Å². The highest BCUT2D eigenvalue weighted by molar-refractivity contribution is 9.10. The summed E-state index contributed by atoms with van der Waals surface area (Å²) in [5.41, 5.74) is 2.66. The molecule has 0 spiro atoms. The molecule has 1 aromatic heterocycles. The average Bonchev–Trinajstić information content (AvgIpc) is 2.48. The summed E-state index contributed by atoms with van der Waals surface area (Å²) in [7, 11) is 0. The van der Waals surface area contributed by atoms with E-state index in [0.29, 0.717) is 5.82 Å². The van der Waals surface area contributed by atoms with Crippen LogP contribution in [0.25, 0.3) is 11.0 Å². The minimum atomic E-state index is -0.234. The van der Waals surface area contributed by atoms with Crippen molar-refractivity contribution in [3.05, 3.63) is 64.5 Å². The molecule has 1 heterocycles. The van der Waals surface area contributed by atoms with Gasteiger partial charge in [0.15, 0.2) is 0 Å². The van der Waals surface area contributed by atoms with Crippen LogP contribution in [-0.4, -0.2) is 9.97 Å². The quantitative estimate of drug-likeness (QED) is 0.747. The first-order chi connectivity index (χ1) is 10.1. The second kappa shape index (κ2) is 5.77. The van der Waals surface area contributed by atoms with Gasteiger partial charge < -0.3 is 5.32 Å². The predicted molar refractivity (Wildman–Crippen MR) is 85.7 cm³/mol. The third-order valence-electron chi connectivity index (χ3n) is 3.24. The standard InChI is InChI=1S/C16H13BrFN3/c1-10(11-2-5-13(18)6-3-11)20-16-9-19-15-8-12(17)4-7-14(15)21-16/h2-10H,1H3,(H,20,21)/t10-/m1/s1. The maximum atomic E-state index is 12.9. The monoisotopic (exact) mass is 345 g/mol. The van der Waals surface area contributed by atoms with Crippen LogP contribution in [-0.2, 0) is 0 Å². The lowest BCUT2D eigenvalue weighted by Crippen LogP contribution is -2.08. The topological polar surface area (TPSA) is 37.8 Å². The second-order valence-electron chi connectivity index (χ2n) is 4.81. The summed E-state index contributed by atoms with van der Waals surface area (Å²) in [6.45, 7) is 2.00. The van der Waals surface area contributed by atoms with Crippen LogP contribution in [0.15, 0.2) is 53.1 Å². The zero-order valence-electron chi connectivity index (χ0n) is 11.3. The molecule has 5 heteroatoms. The zero-order chi connectivity index (χ0) is 14.8. The Morgan fingerprint density at radius 2 is 1.86 bits per heavy atom. The van der Waals surface area contributed by atoms with E-state index in [4.69, 9.17) is 0 Å². The molecule has 3 rings (SSSR count). The van der Waals surface area contributed by atoms with Gasteiger partial charge in [-0.05, 0) is 42.8 Å². The maximum absolute atomic E-state index is 12.9. The van der Waals surface area contributed by atoms with Crippen LogP contribution in [0, 0.1) is 5.82 Å². The molecule has 3 nitrogen and oxygen atoms in total. The van der Waals surface area contributed by atoms with E-state index in [0.717, 1.165) is 21.1 Å². The number of aromatic nitrogens is 2. The lowest BCUT2D eigenvalue weighted by molar-refractivity contribution is 0.626. The van der Waals surface area contributed by atoms with Crippen LogP contribution in [0.4, 0.5) is 10.2 Å². The van der Waals surface area contributed by atoms with Crippen LogP contribution in [0.3, 0.4) is 0 Å². The average molecular weight is 346 g/mol. The van der Waals surface area contributed by atoms with Gasteiger partial charge in [0, 0.05) is 10.5 Å². The summed E-state index contributed by atoms with van der Waals surface area (Å²) < 4.78 is 13.9. The van der Waals surface area contributed by atoms with Gasteiger partial charge in [0.2, 0.25) is 0 Å². The largest absolute Gasteiger partial charge is 0.362 e. The molecule has 0 aliphatic carbocycles. The van der Waals surface area contributed by atoms with Gasteiger partial charge in [-0.1, -0.05) is 28.1 Å². The first kappa shape index (κ1) is 13.9. The number of fused-ring (bicyclic) bond motifs is 1. The van der Waals surface area contributed by atoms with E-state index in [1.54, 1.807) is 18.3 Å². The molecule has 2 aromatic carbocycles. The number of hydrogen-bond acceptors (Lipinski definition) is 3. The van der Waals surface area contributed by atoms with Crippen LogP contribution in [0.1, 0.15) is 18.5 Å². The summed E-state index contributed by atoms with van der Waals surface area (Å²) >= 11 is 3.41. The lowest BCUT2D eigenvalue weighted by Gasteiger charge is -2.15. The molecule has 0 aliphatic rings. The number of rotatable bonds is 3. The summed E-state index contributed by atoms with van der Waals surface area (Å²) in [5.74, 6) is 0.462. The van der Waals surface area contributed by atoms with Crippen LogP contribution < -0.4 is 5.32 Å². The Balaban J connectivity index is 1.84. The van der Waals surface area contributed by atoms with Crippen molar-refractivity contribution in [3.8, 4) is 0 Å². The molecule has 0 bridgehead atoms. The molecule has 1 atom stereocenters. The molecule has 0 unspecified atom stereocenters. The van der Waals surface area contributed by atoms with Crippen LogP contribution >= 0.6 is 15.9 Å². The van der Waals surface area contributed by atoms with Crippen molar-refractivity contribution in [3.63, 3.8) is 0 Å². The number of benzene rings is 2. The zero-order valence-corrected chi connectivity index (χ0v) is 12.9. The normalized spacial score (nSPS) is 12.3. The van der Waals surface area contributed by atoms with Gasteiger partial charge in [0.25, 0.3) is 0 Å². The van der Waals surface area contributed by atoms with Crippen LogP contribution in [0.5, 0.6) is 0 Å². The van der Waals surface area contributed by atoms with E-state index in [1.807, 2.05) is 25.1 Å². The number of hydrogen-bond donors (Lipinski definition) is 1. The van der Waals surface area contributed by atoms with Crippen molar-refractivity contribution in [2.24, 2.45) is 0 Å². The van der Waals surface area contributed by atoms with E-state index in [1.165, 1.54) is 12.1 Å². The van der Waals surface area contributed by atoms with E-state index >= 15 is 0 Å². The molecule has 0 radical (unpaired) electrons. The van der Waals surface area contributed by atoms with Gasteiger partial charge in [-0.25, -0.2) is 9.37 Å². The lowest BCUT2D eigenvalue weighted by atomic mass is 10.1. The summed E-state index contributed by atoms with van der Waals surface area (Å²) in [4.78, 5) is 8.92. The second-order valence-corrected chi connectivity index (χ2v) is 5.72. The fourth-order valence-corrected chi connectivity index (χ4v) is 2.46. The third-order valence-corrected chi connectivity index (χ3v) is 3.73. The smallest absolute Gasteiger partial charge is 0.145 e. The molecule has 0 saturated carbocycles. The summed E-state index contributed by atoms with van der Waals surface area (Å²) in [6, 6.07) is 12.2. The highest BCUT2D eigenvalue weighted by atomic mass is 79.9. The van der Waals surface area contributed by atoms with Gasteiger partial charge in [-0.15, -0.1) is 0 Å². The van der Waals surface area contributed by atoms with Gasteiger partial charge in [0.05, 0.1) is 17.2 Å². The molecule has 0 aliphatic heterocycles. The molecule has 21 heavy (non-hydrogen) atoms. The van der Waals surface area contributed by atoms with Crippen molar-refractivity contribution in [1.82, 2.24) is 9.97 Å². The highest BCUT2D eigenvalue weighted by Gasteiger charge is 2.07. The molecule has 0 saturated heterocycles. The molecule has 106 valence electrons. The Kier molecular flexibility index (Phi) is 3.84. The predicted octanol–water partition coefficient (Wildman–Crippen LogP) is 4.70. The van der Waals surface area contributed by atoms with Gasteiger partial charge in [-0.2, -0.15) is 0 Å². The van der Waals surface area contributed by atoms with E-state index in [-0.39, 0.29) is 11.9 Å². The van der Waals surface area contributed by atoms with Crippen molar-refractivity contribution in [1.29, 1.82) is 0 Å². The first-order valence-electron chi connectivity index (χ1n) is 6.56. The molecule has 3 aromatic rings. The molecule has 0 amide bonds. The fraction of sp³-hybridized carbons (Fsp3) is 0.125. The Morgan fingerprint density at radius 1 is 1.10 bits per heavy atom. The molecular weight excluding hydrogens is 333 g/mol. The van der Waals surface area contributed by atoms with Gasteiger partial charge in [-0.3, -0.25) is 4.98 Å². The molecule has 0 fully saturated rings. The number of halogens is 2. The van der Waals surface area contributed by atoms with Crippen LogP contribution in [0.2, 0.25) is 0 Å². The minimum absolute atomic E-state index is 0.0211. The van der Waals surface area contributed by atoms with E-state index in [2.05, 4.69) is 31.2 Å². The van der Waals surface area contributed by atoms with E-state index < -0.39 is 0 Å². The van der Waals surface area contributed by atoms with Gasteiger partial charge in [0.1, 0.15) is 11.6 Å². The SMILES string of the molecule is C[C@@H](Nc1cnc2cc(Br)ccc2n1)c1ccc(F)cc1. The number of anilines is 1. The molecular formula is C16H13BrFN3. The third kappa shape index (κ3) is 3.19. The van der Waals surface area contributed by atoms with Crippen molar-refractivity contribution in [2.75, 3.05) is 5.32 Å². The van der Waals surface area contributed by atoms with E-state index in [9.17, 15) is 4.39 Å². The van der Waals surface area contributed by atoms with Crippen molar-refractivity contribution < 1.29 is 4.39 Å². The number of nitrogens with zero attached hydrogens (tertiary/aromatic N) is 2. The Hall–Kier alpha value is -2.01. The Bertz CT molecular complexity index is 774. The maximum Gasteiger partial charge on any atom is 0.145 e.